The number of hydrogen-bond donors (Lipinski definition) is 2. The van der Waals surface area contributed by atoms with Gasteiger partial charge >= 0.3 is 0 Å². The third-order valence-electron chi connectivity index (χ3n) is 3.68. The van der Waals surface area contributed by atoms with Crippen molar-refractivity contribution in [1.82, 2.24) is 4.72 Å². The summed E-state index contributed by atoms with van der Waals surface area (Å²) in [6.45, 7) is 0.217. The van der Waals surface area contributed by atoms with Crippen molar-refractivity contribution in [3.63, 3.8) is 0 Å². The molecule has 0 radical (unpaired) electrons. The van der Waals surface area contributed by atoms with Crippen molar-refractivity contribution in [2.24, 2.45) is 0 Å². The average molecular weight is 399 g/mol. The van der Waals surface area contributed by atoms with Crippen LogP contribution in [-0.2, 0) is 21.4 Å². The van der Waals surface area contributed by atoms with Gasteiger partial charge in [0.15, 0.2) is 0 Å². The van der Waals surface area contributed by atoms with E-state index in [1.165, 1.54) is 29.5 Å². The van der Waals surface area contributed by atoms with Crippen LogP contribution in [0.2, 0.25) is 0 Å². The van der Waals surface area contributed by atoms with E-state index in [0.717, 1.165) is 10.4 Å². The molecule has 1 heterocycles. The highest BCUT2D eigenvalue weighted by Crippen LogP contribution is 2.15. The third kappa shape index (κ3) is 5.62. The summed E-state index contributed by atoms with van der Waals surface area (Å²) in [4.78, 5) is 13.1. The van der Waals surface area contributed by atoms with E-state index in [0.29, 0.717) is 5.69 Å². The highest BCUT2D eigenvalue weighted by Gasteiger charge is 2.13. The Morgan fingerprint density at radius 2 is 1.70 bits per heavy atom. The van der Waals surface area contributed by atoms with Crippen LogP contribution in [0.5, 0.6) is 0 Å². The topological polar surface area (TPSA) is 75.3 Å². The first-order chi connectivity index (χ1) is 13.0. The first-order valence-corrected chi connectivity index (χ1v) is 10.6. The lowest BCUT2D eigenvalue weighted by Crippen LogP contribution is -2.23. The summed E-state index contributed by atoms with van der Waals surface area (Å²) in [6, 6.07) is 19.2. The molecular formula is C20H18N2O3S2. The maximum atomic E-state index is 12.4. The van der Waals surface area contributed by atoms with Gasteiger partial charge in [0.2, 0.25) is 15.9 Å². The van der Waals surface area contributed by atoms with E-state index in [2.05, 4.69) is 10.0 Å². The van der Waals surface area contributed by atoms with E-state index in [1.807, 2.05) is 47.8 Å². The number of benzene rings is 2. The summed E-state index contributed by atoms with van der Waals surface area (Å²) in [6.07, 6.45) is 3.17. The molecule has 0 bridgehead atoms. The van der Waals surface area contributed by atoms with Crippen molar-refractivity contribution < 1.29 is 13.2 Å². The Labute approximate surface area is 162 Å². The molecule has 3 aromatic rings. The predicted octanol–water partition coefficient (Wildman–Crippen LogP) is 3.88. The summed E-state index contributed by atoms with van der Waals surface area (Å²) in [5.74, 6) is -0.277. The maximum absolute atomic E-state index is 12.4. The fourth-order valence-electron chi connectivity index (χ4n) is 2.30. The van der Waals surface area contributed by atoms with E-state index in [9.17, 15) is 13.2 Å². The van der Waals surface area contributed by atoms with Crippen LogP contribution in [0.15, 0.2) is 83.1 Å². The Bertz CT molecular complexity index is 1010. The summed E-state index contributed by atoms with van der Waals surface area (Å²) < 4.78 is 27.3. The molecule has 0 fully saturated rings. The molecule has 0 spiro atoms. The van der Waals surface area contributed by atoms with Gasteiger partial charge in [-0.3, -0.25) is 4.79 Å². The monoisotopic (exact) mass is 398 g/mol. The second-order valence-electron chi connectivity index (χ2n) is 5.67. The van der Waals surface area contributed by atoms with E-state index in [-0.39, 0.29) is 17.3 Å². The zero-order valence-electron chi connectivity index (χ0n) is 14.3. The molecule has 0 unspecified atom stereocenters. The number of carbonyl (C=O) groups is 1. The standard InChI is InChI=1S/C20H18N2O3S2/c23-20(13-10-18-7-4-14-26-18)22-17-8-11-19(12-9-17)27(24,25)21-15-16-5-2-1-3-6-16/h1-14,21H,15H2,(H,22,23)/b13-10+. The van der Waals surface area contributed by atoms with E-state index in [4.69, 9.17) is 0 Å². The first-order valence-electron chi connectivity index (χ1n) is 8.19. The molecule has 0 saturated carbocycles. The highest BCUT2D eigenvalue weighted by molar-refractivity contribution is 7.89. The molecule has 2 aromatic carbocycles. The molecule has 2 N–H and O–H groups in total. The molecule has 27 heavy (non-hydrogen) atoms. The second-order valence-corrected chi connectivity index (χ2v) is 8.42. The van der Waals surface area contributed by atoms with Gasteiger partial charge in [-0.25, -0.2) is 13.1 Å². The Balaban J connectivity index is 1.59. The van der Waals surface area contributed by atoms with Crippen molar-refractivity contribution in [2.45, 2.75) is 11.4 Å². The number of rotatable bonds is 7. The molecule has 7 heteroatoms. The molecular weight excluding hydrogens is 380 g/mol. The molecule has 1 aromatic heterocycles. The van der Waals surface area contributed by atoms with Crippen LogP contribution in [-0.4, -0.2) is 14.3 Å². The van der Waals surface area contributed by atoms with Crippen molar-refractivity contribution in [1.29, 1.82) is 0 Å². The molecule has 5 nitrogen and oxygen atoms in total. The molecule has 0 aliphatic heterocycles. The fraction of sp³-hybridized carbons (Fsp3) is 0.0500. The number of hydrogen-bond acceptors (Lipinski definition) is 4. The largest absolute Gasteiger partial charge is 0.323 e. The smallest absolute Gasteiger partial charge is 0.248 e. The Morgan fingerprint density at radius 1 is 0.963 bits per heavy atom. The third-order valence-corrected chi connectivity index (χ3v) is 5.94. The Morgan fingerprint density at radius 3 is 2.37 bits per heavy atom. The van der Waals surface area contributed by atoms with Gasteiger partial charge in [0.25, 0.3) is 0 Å². The second kappa shape index (κ2) is 8.77. The molecule has 0 aliphatic rings. The maximum Gasteiger partial charge on any atom is 0.248 e. The van der Waals surface area contributed by atoms with E-state index in [1.54, 1.807) is 18.2 Å². The summed E-state index contributed by atoms with van der Waals surface area (Å²) in [5.41, 5.74) is 1.40. The van der Waals surface area contributed by atoms with E-state index < -0.39 is 10.0 Å². The zero-order chi connectivity index (χ0) is 19.1. The van der Waals surface area contributed by atoms with Gasteiger partial charge in [0.05, 0.1) is 4.90 Å². The number of amides is 1. The quantitative estimate of drug-likeness (QED) is 0.593. The molecule has 1 amide bonds. The van der Waals surface area contributed by atoms with Gasteiger partial charge in [-0.1, -0.05) is 36.4 Å². The SMILES string of the molecule is O=C(/C=C/c1cccs1)Nc1ccc(S(=O)(=O)NCc2ccccc2)cc1. The minimum Gasteiger partial charge on any atom is -0.323 e. The van der Waals surface area contributed by atoms with Crippen LogP contribution >= 0.6 is 11.3 Å². The lowest BCUT2D eigenvalue weighted by Gasteiger charge is -2.08. The van der Waals surface area contributed by atoms with Gasteiger partial charge in [-0.2, -0.15) is 0 Å². The average Bonchev–Trinajstić information content (AvgIpc) is 3.20. The Hall–Kier alpha value is -2.74. The van der Waals surface area contributed by atoms with Gasteiger partial charge in [0, 0.05) is 23.2 Å². The van der Waals surface area contributed by atoms with Crippen LogP contribution < -0.4 is 10.0 Å². The van der Waals surface area contributed by atoms with Crippen molar-refractivity contribution in [2.75, 3.05) is 5.32 Å². The van der Waals surface area contributed by atoms with Crippen LogP contribution in [0.3, 0.4) is 0 Å². The van der Waals surface area contributed by atoms with Gasteiger partial charge < -0.3 is 5.32 Å². The minimum absolute atomic E-state index is 0.144. The van der Waals surface area contributed by atoms with Gasteiger partial charge in [-0.15, -0.1) is 11.3 Å². The van der Waals surface area contributed by atoms with Crippen molar-refractivity contribution >= 4 is 39.0 Å². The zero-order valence-corrected chi connectivity index (χ0v) is 16.0. The van der Waals surface area contributed by atoms with Crippen molar-refractivity contribution in [3.05, 3.63) is 88.6 Å². The van der Waals surface area contributed by atoms with Crippen LogP contribution in [0.4, 0.5) is 5.69 Å². The molecule has 3 rings (SSSR count). The molecule has 138 valence electrons. The van der Waals surface area contributed by atoms with Gasteiger partial charge in [-0.05, 0) is 47.4 Å². The number of thiophene rings is 1. The predicted molar refractivity (Wildman–Crippen MR) is 109 cm³/mol. The summed E-state index contributed by atoms with van der Waals surface area (Å²) in [5, 5.41) is 4.64. The minimum atomic E-state index is -3.62. The highest BCUT2D eigenvalue weighted by atomic mass is 32.2. The number of nitrogens with one attached hydrogen (secondary N) is 2. The molecule has 0 saturated heterocycles. The first kappa shape index (κ1) is 19.0. The number of anilines is 1. The lowest BCUT2D eigenvalue weighted by atomic mass is 10.2. The number of carbonyl (C=O) groups excluding carboxylic acids is 1. The van der Waals surface area contributed by atoms with Crippen LogP contribution in [0.25, 0.3) is 6.08 Å². The Kier molecular flexibility index (Phi) is 6.18. The molecule has 0 atom stereocenters. The lowest BCUT2D eigenvalue weighted by molar-refractivity contribution is -0.111. The fourth-order valence-corrected chi connectivity index (χ4v) is 3.94. The van der Waals surface area contributed by atoms with E-state index >= 15 is 0 Å². The number of sulfonamides is 1. The van der Waals surface area contributed by atoms with Gasteiger partial charge in [0.1, 0.15) is 0 Å². The van der Waals surface area contributed by atoms with Crippen LogP contribution in [0.1, 0.15) is 10.4 Å². The van der Waals surface area contributed by atoms with Crippen LogP contribution in [0, 0.1) is 0 Å². The van der Waals surface area contributed by atoms with Crippen molar-refractivity contribution in [3.8, 4) is 0 Å². The summed E-state index contributed by atoms with van der Waals surface area (Å²) >= 11 is 1.54. The normalized spacial score (nSPS) is 11.6. The molecule has 0 aliphatic carbocycles. The summed E-state index contributed by atoms with van der Waals surface area (Å²) in [7, 11) is -3.62.